The lowest BCUT2D eigenvalue weighted by molar-refractivity contribution is -0.142. The first-order valence-electron chi connectivity index (χ1n) is 13.9. The van der Waals surface area contributed by atoms with E-state index in [1.165, 1.54) is 0 Å². The van der Waals surface area contributed by atoms with Crippen LogP contribution in [-0.4, -0.2) is 53.2 Å². The molecule has 3 rings (SSSR count). The Labute approximate surface area is 236 Å². The molecule has 4 N–H and O–H groups in total. The smallest absolute Gasteiger partial charge is 0.408 e. The van der Waals surface area contributed by atoms with Crippen molar-refractivity contribution in [1.29, 1.82) is 0 Å². The number of hydrogen-bond acceptors (Lipinski definition) is 5. The molecule has 9 nitrogen and oxygen atoms in total. The van der Waals surface area contributed by atoms with E-state index in [-0.39, 0.29) is 30.1 Å². The maximum absolute atomic E-state index is 13.1. The molecule has 2 unspecified atom stereocenters. The zero-order chi connectivity index (χ0) is 29.1. The number of ether oxygens (including phenoxy) is 1. The van der Waals surface area contributed by atoms with Crippen LogP contribution in [0.4, 0.5) is 4.79 Å². The highest BCUT2D eigenvalue weighted by molar-refractivity contribution is 5.86. The topological polar surface area (TPSA) is 134 Å². The summed E-state index contributed by atoms with van der Waals surface area (Å²) in [7, 11) is 0. The van der Waals surface area contributed by atoms with E-state index in [0.29, 0.717) is 25.8 Å². The highest BCUT2D eigenvalue weighted by atomic mass is 16.6. The standard InChI is InChI=1S/C31H41N3O6/c1-31(2,3)40-30(39)34-25(18-21-10-6-4-7-11-21)28(36)32-20-23-14-16-24(17-15-23)27(35)33-26(29(37)38)19-22-12-8-5-9-13-22/h4-13,23-26H,14-20H2,1-3H3,(H,32,36)(H,33,35)(H,34,39)(H,37,38). The SMILES string of the molecule is CC(C)(C)OC(=O)NC(Cc1ccccc1)C(=O)NCC1CCC(C(=O)NC(Cc2ccccc2)C(=O)O)CC1. The minimum Gasteiger partial charge on any atom is -0.480 e. The van der Waals surface area contributed by atoms with Gasteiger partial charge in [0.15, 0.2) is 0 Å². The van der Waals surface area contributed by atoms with Gasteiger partial charge in [-0.05, 0) is 63.5 Å². The molecule has 2 aromatic carbocycles. The number of hydrogen-bond donors (Lipinski definition) is 4. The van der Waals surface area contributed by atoms with E-state index in [1.807, 2.05) is 60.7 Å². The molecule has 1 fully saturated rings. The lowest BCUT2D eigenvalue weighted by Gasteiger charge is -2.29. The fourth-order valence-corrected chi connectivity index (χ4v) is 4.85. The molecule has 1 saturated carbocycles. The summed E-state index contributed by atoms with van der Waals surface area (Å²) in [6, 6.07) is 16.9. The molecule has 0 aromatic heterocycles. The van der Waals surface area contributed by atoms with Crippen LogP contribution in [0.1, 0.15) is 57.6 Å². The summed E-state index contributed by atoms with van der Waals surface area (Å²) >= 11 is 0. The second-order valence-corrected chi connectivity index (χ2v) is 11.4. The third kappa shape index (κ3) is 10.4. The minimum absolute atomic E-state index is 0.187. The molecule has 9 heteroatoms. The number of benzene rings is 2. The Kier molecular flexibility index (Phi) is 11.1. The van der Waals surface area contributed by atoms with Gasteiger partial charge in [0.2, 0.25) is 11.8 Å². The first kappa shape index (κ1) is 30.7. The molecule has 3 amide bonds. The Balaban J connectivity index is 1.49. The Morgan fingerprint density at radius 1 is 0.825 bits per heavy atom. The van der Waals surface area contributed by atoms with Crippen LogP contribution in [0.2, 0.25) is 0 Å². The predicted octanol–water partition coefficient (Wildman–Crippen LogP) is 3.86. The zero-order valence-electron chi connectivity index (χ0n) is 23.5. The van der Waals surface area contributed by atoms with E-state index < -0.39 is 29.7 Å². The average Bonchev–Trinajstić information content (AvgIpc) is 2.91. The lowest BCUT2D eigenvalue weighted by atomic mass is 9.81. The van der Waals surface area contributed by atoms with Crippen LogP contribution in [0.5, 0.6) is 0 Å². The van der Waals surface area contributed by atoms with Crippen molar-refractivity contribution in [2.45, 2.75) is 77.0 Å². The van der Waals surface area contributed by atoms with E-state index in [2.05, 4.69) is 16.0 Å². The van der Waals surface area contributed by atoms with E-state index >= 15 is 0 Å². The number of carboxylic acids is 1. The van der Waals surface area contributed by atoms with Crippen LogP contribution in [-0.2, 0) is 32.0 Å². The zero-order valence-corrected chi connectivity index (χ0v) is 23.5. The van der Waals surface area contributed by atoms with Gasteiger partial charge in [0.25, 0.3) is 0 Å². The molecule has 40 heavy (non-hydrogen) atoms. The van der Waals surface area contributed by atoms with Gasteiger partial charge >= 0.3 is 12.1 Å². The molecule has 1 aliphatic carbocycles. The van der Waals surface area contributed by atoms with Gasteiger partial charge in [0.05, 0.1) is 0 Å². The van der Waals surface area contributed by atoms with Gasteiger partial charge in [-0.15, -0.1) is 0 Å². The summed E-state index contributed by atoms with van der Waals surface area (Å²) in [4.78, 5) is 50.1. The molecule has 0 heterocycles. The molecule has 2 atom stereocenters. The summed E-state index contributed by atoms with van der Waals surface area (Å²) in [5.41, 5.74) is 1.08. The molecule has 2 aromatic rings. The number of aliphatic carboxylic acids is 1. The predicted molar refractivity (Wildman–Crippen MR) is 151 cm³/mol. The van der Waals surface area contributed by atoms with Crippen LogP contribution < -0.4 is 16.0 Å². The molecule has 216 valence electrons. The van der Waals surface area contributed by atoms with Crippen LogP contribution in [0.25, 0.3) is 0 Å². The normalized spacial score (nSPS) is 18.6. The summed E-state index contributed by atoms with van der Waals surface area (Å²) in [5, 5.41) is 18.0. The highest BCUT2D eigenvalue weighted by Gasteiger charge is 2.30. The molecule has 0 aliphatic heterocycles. The maximum Gasteiger partial charge on any atom is 0.408 e. The lowest BCUT2D eigenvalue weighted by Crippen LogP contribution is -2.50. The molecule has 1 aliphatic rings. The molecular formula is C31H41N3O6. The van der Waals surface area contributed by atoms with Gasteiger partial charge in [0.1, 0.15) is 17.7 Å². The number of amides is 3. The van der Waals surface area contributed by atoms with Crippen molar-refractivity contribution in [3.63, 3.8) is 0 Å². The molecule has 0 radical (unpaired) electrons. The number of carbonyl (C=O) groups is 4. The van der Waals surface area contributed by atoms with E-state index in [9.17, 15) is 24.3 Å². The summed E-state index contributed by atoms with van der Waals surface area (Å²) in [6.45, 7) is 5.72. The quantitative estimate of drug-likeness (QED) is 0.335. The van der Waals surface area contributed by atoms with E-state index in [4.69, 9.17) is 4.74 Å². The highest BCUT2D eigenvalue weighted by Crippen LogP contribution is 2.28. The first-order valence-corrected chi connectivity index (χ1v) is 13.9. The number of carboxylic acid groups (broad SMARTS) is 1. The first-order chi connectivity index (χ1) is 19.0. The van der Waals surface area contributed by atoms with Gasteiger partial charge in [-0.3, -0.25) is 9.59 Å². The number of nitrogens with one attached hydrogen (secondary N) is 3. The number of alkyl carbamates (subject to hydrolysis) is 1. The number of carbonyl (C=O) groups excluding carboxylic acids is 3. The largest absolute Gasteiger partial charge is 0.480 e. The summed E-state index contributed by atoms with van der Waals surface area (Å²) < 4.78 is 5.36. The molecule has 0 bridgehead atoms. The molecular weight excluding hydrogens is 510 g/mol. The number of rotatable bonds is 11. The van der Waals surface area contributed by atoms with E-state index in [0.717, 1.165) is 24.0 Å². The second kappa shape index (κ2) is 14.5. The van der Waals surface area contributed by atoms with Gasteiger partial charge < -0.3 is 25.8 Å². The Bertz CT molecular complexity index is 1120. The fraction of sp³-hybridized carbons (Fsp3) is 0.484. The van der Waals surface area contributed by atoms with Crippen LogP contribution >= 0.6 is 0 Å². The summed E-state index contributed by atoms with van der Waals surface area (Å²) in [5.74, 6) is -1.66. The van der Waals surface area contributed by atoms with Crippen molar-refractivity contribution in [2.75, 3.05) is 6.54 Å². The monoisotopic (exact) mass is 551 g/mol. The van der Waals surface area contributed by atoms with Crippen molar-refractivity contribution in [1.82, 2.24) is 16.0 Å². The Morgan fingerprint density at radius 2 is 1.35 bits per heavy atom. The fourth-order valence-electron chi connectivity index (χ4n) is 4.85. The molecule has 0 spiro atoms. The third-order valence-corrected chi connectivity index (χ3v) is 6.97. The van der Waals surface area contributed by atoms with Gasteiger partial charge in [-0.2, -0.15) is 0 Å². The van der Waals surface area contributed by atoms with Crippen LogP contribution in [0.15, 0.2) is 60.7 Å². The second-order valence-electron chi connectivity index (χ2n) is 11.4. The van der Waals surface area contributed by atoms with Crippen molar-refractivity contribution in [3.8, 4) is 0 Å². The van der Waals surface area contributed by atoms with Gasteiger partial charge in [-0.25, -0.2) is 9.59 Å². The van der Waals surface area contributed by atoms with Gasteiger partial charge in [-0.1, -0.05) is 60.7 Å². The van der Waals surface area contributed by atoms with Crippen molar-refractivity contribution >= 4 is 23.9 Å². The Hall–Kier alpha value is -3.88. The van der Waals surface area contributed by atoms with Crippen molar-refractivity contribution in [2.24, 2.45) is 11.8 Å². The maximum atomic E-state index is 13.1. The molecule has 0 saturated heterocycles. The Morgan fingerprint density at radius 3 is 1.85 bits per heavy atom. The van der Waals surface area contributed by atoms with Crippen LogP contribution in [0, 0.1) is 11.8 Å². The van der Waals surface area contributed by atoms with Gasteiger partial charge in [0, 0.05) is 25.3 Å². The van der Waals surface area contributed by atoms with E-state index in [1.54, 1.807) is 20.8 Å². The minimum atomic E-state index is -1.06. The van der Waals surface area contributed by atoms with Crippen molar-refractivity contribution in [3.05, 3.63) is 71.8 Å². The van der Waals surface area contributed by atoms with Crippen molar-refractivity contribution < 1.29 is 29.0 Å². The average molecular weight is 552 g/mol. The summed E-state index contributed by atoms with van der Waals surface area (Å²) in [6.07, 6.45) is 2.61. The third-order valence-electron chi connectivity index (χ3n) is 6.97. The van der Waals surface area contributed by atoms with Crippen LogP contribution in [0.3, 0.4) is 0 Å².